The second kappa shape index (κ2) is 18.9. The van der Waals surface area contributed by atoms with Crippen LogP contribution in [0.15, 0.2) is 85.7 Å². The Bertz CT molecular complexity index is 3060. The van der Waals surface area contributed by atoms with Crippen molar-refractivity contribution in [3.05, 3.63) is 178 Å². The van der Waals surface area contributed by atoms with Crippen molar-refractivity contribution in [3.63, 3.8) is 0 Å². The molecule has 0 saturated carbocycles. The molecule has 2 N–H and O–H groups in total. The number of rotatable bonds is 10. The van der Waals surface area contributed by atoms with Crippen molar-refractivity contribution in [2.75, 3.05) is 14.2 Å². The molecule has 0 amide bonds. The maximum Gasteiger partial charge on any atom is 0.194 e. The first-order valence-corrected chi connectivity index (χ1v) is 22.0. The summed E-state index contributed by atoms with van der Waals surface area (Å²) in [5, 5.41) is 31.5. The van der Waals surface area contributed by atoms with Gasteiger partial charge in [-0.25, -0.2) is 55.6 Å². The molecular formula is C50H44F6N10O4. The van der Waals surface area contributed by atoms with Crippen molar-refractivity contribution in [1.29, 1.82) is 0 Å². The smallest absolute Gasteiger partial charge is 0.194 e. The molecule has 0 fully saturated rings. The zero-order chi connectivity index (χ0) is 49.5. The molecule has 4 aromatic carbocycles. The van der Waals surface area contributed by atoms with E-state index in [9.17, 15) is 36.6 Å². The Hall–Kier alpha value is -7.84. The largest absolute Gasteiger partial charge is 0.495 e. The van der Waals surface area contributed by atoms with E-state index in [2.05, 4.69) is 30.1 Å². The van der Waals surface area contributed by atoms with Crippen LogP contribution in [0.1, 0.15) is 82.6 Å². The van der Waals surface area contributed by atoms with Gasteiger partial charge < -0.3 is 28.8 Å². The first kappa shape index (κ1) is 47.2. The minimum absolute atomic E-state index is 0.104. The standard InChI is InChI=1S/2C25H22F3N5O2/c2*1-15-13-32(14-29-15)20-6-4-16(10-21(20)35-2)5-7-22-30-24-25(34,8-3-9-33(24)31-22)17-11-18(26)23(28)19(27)12-17/h2*4-7,10-14,34H,3,8-9H2,1-2H3/b2*7-5+/t2*25-/m10/s1. The van der Waals surface area contributed by atoms with Gasteiger partial charge in [-0.15, -0.1) is 0 Å². The van der Waals surface area contributed by atoms with E-state index in [1.807, 2.05) is 71.8 Å². The lowest BCUT2D eigenvalue weighted by Gasteiger charge is -2.31. The van der Waals surface area contributed by atoms with Crippen molar-refractivity contribution >= 4 is 24.3 Å². The summed E-state index contributed by atoms with van der Waals surface area (Å²) in [6.07, 6.45) is 15.5. The van der Waals surface area contributed by atoms with Crippen LogP contribution in [-0.2, 0) is 24.3 Å². The van der Waals surface area contributed by atoms with Gasteiger partial charge in [-0.05, 0) is 122 Å². The normalized spacial score (nSPS) is 17.7. The van der Waals surface area contributed by atoms with Crippen LogP contribution >= 0.6 is 0 Å². The number of hydrogen-bond acceptors (Lipinski definition) is 10. The molecule has 0 saturated heterocycles. The monoisotopic (exact) mass is 962 g/mol. The van der Waals surface area contributed by atoms with Gasteiger partial charge in [0.15, 0.2) is 58.2 Å². The molecule has 0 radical (unpaired) electrons. The lowest BCUT2D eigenvalue weighted by atomic mass is 9.86. The van der Waals surface area contributed by atoms with Gasteiger partial charge in [-0.3, -0.25) is 0 Å². The van der Waals surface area contributed by atoms with Gasteiger partial charge >= 0.3 is 0 Å². The molecule has 4 aromatic heterocycles. The third-order valence-corrected chi connectivity index (χ3v) is 12.1. The third kappa shape index (κ3) is 9.09. The van der Waals surface area contributed by atoms with Gasteiger partial charge in [0.25, 0.3) is 0 Å². The summed E-state index contributed by atoms with van der Waals surface area (Å²) in [5.74, 6) is -6.40. The number of imidazole rings is 2. The van der Waals surface area contributed by atoms with Gasteiger partial charge in [0, 0.05) is 25.5 Å². The van der Waals surface area contributed by atoms with E-state index in [-0.39, 0.29) is 35.6 Å². The molecular weight excluding hydrogens is 919 g/mol. The Labute approximate surface area is 396 Å². The van der Waals surface area contributed by atoms with Crippen molar-refractivity contribution < 1.29 is 46.0 Å². The zero-order valence-electron chi connectivity index (χ0n) is 38.1. The number of aliphatic hydroxyl groups is 2. The summed E-state index contributed by atoms with van der Waals surface area (Å²) < 4.78 is 100. The summed E-state index contributed by atoms with van der Waals surface area (Å²) in [6.45, 7) is 4.78. The molecule has 360 valence electrons. The highest BCUT2D eigenvalue weighted by atomic mass is 19.2. The molecule has 0 bridgehead atoms. The predicted molar refractivity (Wildman–Crippen MR) is 245 cm³/mol. The molecule has 2 aliphatic rings. The summed E-state index contributed by atoms with van der Waals surface area (Å²) >= 11 is 0. The highest BCUT2D eigenvalue weighted by molar-refractivity contribution is 5.70. The van der Waals surface area contributed by atoms with E-state index in [1.54, 1.807) is 51.2 Å². The van der Waals surface area contributed by atoms with Gasteiger partial charge in [-0.2, -0.15) is 10.2 Å². The lowest BCUT2D eigenvalue weighted by Crippen LogP contribution is -2.36. The van der Waals surface area contributed by atoms with Crippen LogP contribution in [0.3, 0.4) is 0 Å². The molecule has 2 aliphatic heterocycles. The number of methoxy groups -OCH3 is 2. The summed E-state index contributed by atoms with van der Waals surface area (Å²) in [6, 6.07) is 14.5. The molecule has 70 heavy (non-hydrogen) atoms. The number of hydrogen-bond donors (Lipinski definition) is 2. The number of fused-ring (bicyclic) bond motifs is 2. The van der Waals surface area contributed by atoms with Crippen LogP contribution in [0, 0.1) is 48.8 Å². The topological polar surface area (TPSA) is 156 Å². The number of nitrogens with zero attached hydrogens (tertiary/aromatic N) is 10. The zero-order valence-corrected chi connectivity index (χ0v) is 38.1. The Morgan fingerprint density at radius 3 is 1.29 bits per heavy atom. The summed E-state index contributed by atoms with van der Waals surface area (Å²) in [7, 11) is 3.17. The van der Waals surface area contributed by atoms with Gasteiger partial charge in [0.1, 0.15) is 22.7 Å². The molecule has 2 atom stereocenters. The van der Waals surface area contributed by atoms with Crippen molar-refractivity contribution in [3.8, 4) is 22.9 Å². The van der Waals surface area contributed by atoms with E-state index >= 15 is 0 Å². The number of aromatic nitrogens is 10. The first-order valence-electron chi connectivity index (χ1n) is 22.0. The van der Waals surface area contributed by atoms with E-state index < -0.39 is 46.1 Å². The Morgan fingerprint density at radius 1 is 0.557 bits per heavy atom. The fraction of sp³-hybridized carbons (Fsp3) is 0.240. The van der Waals surface area contributed by atoms with E-state index in [0.29, 0.717) is 49.1 Å². The van der Waals surface area contributed by atoms with E-state index in [0.717, 1.165) is 58.2 Å². The van der Waals surface area contributed by atoms with Gasteiger partial charge in [0.05, 0.1) is 49.6 Å². The highest BCUT2D eigenvalue weighted by Gasteiger charge is 2.42. The average molecular weight is 963 g/mol. The third-order valence-electron chi connectivity index (χ3n) is 12.1. The molecule has 0 unspecified atom stereocenters. The molecule has 8 aromatic rings. The minimum Gasteiger partial charge on any atom is -0.495 e. The van der Waals surface area contributed by atoms with Crippen LogP contribution in [0.2, 0.25) is 0 Å². The summed E-state index contributed by atoms with van der Waals surface area (Å²) in [4.78, 5) is 17.3. The van der Waals surface area contributed by atoms with Crippen LogP contribution < -0.4 is 9.47 Å². The van der Waals surface area contributed by atoms with Crippen LogP contribution in [-0.4, -0.2) is 73.1 Å². The Kier molecular flexibility index (Phi) is 12.8. The fourth-order valence-electron chi connectivity index (χ4n) is 8.58. The maximum atomic E-state index is 13.9. The maximum absolute atomic E-state index is 13.9. The number of aryl methyl sites for hydroxylation is 4. The number of halogens is 6. The Balaban J connectivity index is 0.000000174. The molecule has 0 aliphatic carbocycles. The quantitative estimate of drug-likeness (QED) is 0.100. The van der Waals surface area contributed by atoms with Crippen LogP contribution in [0.25, 0.3) is 35.7 Å². The fourth-order valence-corrected chi connectivity index (χ4v) is 8.58. The molecule has 20 heteroatoms. The molecule has 10 rings (SSSR count). The van der Waals surface area contributed by atoms with Crippen molar-refractivity contribution in [2.24, 2.45) is 0 Å². The second-order valence-corrected chi connectivity index (χ2v) is 16.8. The van der Waals surface area contributed by atoms with Crippen molar-refractivity contribution in [1.82, 2.24) is 48.6 Å². The SMILES string of the molecule is COc1cc(/C=C/c2nc3n(n2)CCC[C@@]3(O)c2cc(F)c(F)c(F)c2)ccc1-n1cnc(C)c1.COc1cc(/C=C/c2nc3n(n2)CCC[C@]3(O)c2cc(F)c(F)c(F)c2)ccc1-n1cnc(C)c1. The summed E-state index contributed by atoms with van der Waals surface area (Å²) in [5.41, 5.74) is 1.31. The number of ether oxygens (including phenoxy) is 2. The van der Waals surface area contributed by atoms with Crippen LogP contribution in [0.5, 0.6) is 11.5 Å². The average Bonchev–Trinajstić information content (AvgIpc) is 4.18. The molecule has 0 spiro atoms. The number of benzene rings is 4. The minimum atomic E-state index is -1.79. The van der Waals surface area contributed by atoms with Gasteiger partial charge in [0.2, 0.25) is 0 Å². The Morgan fingerprint density at radius 2 is 0.943 bits per heavy atom. The second-order valence-electron chi connectivity index (χ2n) is 16.8. The highest BCUT2D eigenvalue weighted by Crippen LogP contribution is 2.39. The van der Waals surface area contributed by atoms with Crippen molar-refractivity contribution in [2.45, 2.75) is 63.8 Å². The van der Waals surface area contributed by atoms with E-state index in [4.69, 9.17) is 9.47 Å². The van der Waals surface area contributed by atoms with E-state index in [1.165, 1.54) is 9.36 Å². The molecule has 14 nitrogen and oxygen atoms in total. The van der Waals surface area contributed by atoms with Crippen LogP contribution in [0.4, 0.5) is 26.3 Å². The van der Waals surface area contributed by atoms with Gasteiger partial charge in [-0.1, -0.05) is 24.3 Å². The molecule has 6 heterocycles. The lowest BCUT2D eigenvalue weighted by molar-refractivity contribution is 0.0385. The first-order chi connectivity index (χ1) is 33.6. The predicted octanol–water partition coefficient (Wildman–Crippen LogP) is 8.80.